The van der Waals surface area contributed by atoms with Gasteiger partial charge >= 0.3 is 0 Å². The van der Waals surface area contributed by atoms with Crippen LogP contribution in [-0.2, 0) is 31.6 Å². The minimum Gasteiger partial charge on any atom is -0.415 e. The molecule has 1 aliphatic rings. The van der Waals surface area contributed by atoms with Crippen molar-refractivity contribution in [3.63, 3.8) is 0 Å². The molecule has 0 bridgehead atoms. The van der Waals surface area contributed by atoms with Gasteiger partial charge in [0.05, 0.1) is 19.8 Å². The summed E-state index contributed by atoms with van der Waals surface area (Å²) in [6.07, 6.45) is -1.79. The molecule has 0 aromatic rings. The molecular formula is C23H56O7Si5. The second kappa shape index (κ2) is 12.8. The zero-order chi connectivity index (χ0) is 27.5. The van der Waals surface area contributed by atoms with E-state index in [9.17, 15) is 0 Å². The van der Waals surface area contributed by atoms with Crippen LogP contribution in [0.5, 0.6) is 0 Å². The molecule has 210 valence electrons. The largest absolute Gasteiger partial charge is 0.415 e. The van der Waals surface area contributed by atoms with E-state index < -0.39 is 47.9 Å². The number of ether oxygens (including phenoxy) is 2. The molecule has 5 atom stereocenters. The van der Waals surface area contributed by atoms with E-state index >= 15 is 0 Å². The van der Waals surface area contributed by atoms with Crippen LogP contribution in [0.4, 0.5) is 0 Å². The quantitative estimate of drug-likeness (QED) is 0.181. The Bertz CT molecular complexity index is 633. The van der Waals surface area contributed by atoms with E-state index in [1.54, 1.807) is 0 Å². The van der Waals surface area contributed by atoms with Crippen LogP contribution < -0.4 is 0 Å². The second-order valence-corrected chi connectivity index (χ2v) is 36.8. The highest BCUT2D eigenvalue weighted by Crippen LogP contribution is 2.34. The summed E-state index contributed by atoms with van der Waals surface area (Å²) < 4.78 is 45.7. The van der Waals surface area contributed by atoms with Crippen molar-refractivity contribution >= 4 is 41.6 Å². The third-order valence-corrected chi connectivity index (χ3v) is 9.68. The van der Waals surface area contributed by atoms with Gasteiger partial charge in [-0.15, -0.1) is 0 Å². The van der Waals surface area contributed by atoms with Crippen LogP contribution in [0.25, 0.3) is 0 Å². The fourth-order valence-corrected chi connectivity index (χ4v) is 8.23. The molecule has 35 heavy (non-hydrogen) atoms. The van der Waals surface area contributed by atoms with Crippen LogP contribution >= 0.6 is 0 Å². The Labute approximate surface area is 221 Å². The topological polar surface area (TPSA) is 64.6 Å². The molecule has 1 saturated heterocycles. The van der Waals surface area contributed by atoms with Gasteiger partial charge in [-0.3, -0.25) is 0 Å². The zero-order valence-electron chi connectivity index (χ0n) is 25.4. The Morgan fingerprint density at radius 2 is 0.914 bits per heavy atom. The van der Waals surface area contributed by atoms with Gasteiger partial charge in [-0.2, -0.15) is 0 Å². The van der Waals surface area contributed by atoms with Crippen LogP contribution in [0.1, 0.15) is 0 Å². The molecule has 0 spiro atoms. The smallest absolute Gasteiger partial charge is 0.185 e. The molecule has 0 saturated carbocycles. The van der Waals surface area contributed by atoms with Crippen molar-refractivity contribution in [3.05, 3.63) is 0 Å². The molecule has 12 heteroatoms. The van der Waals surface area contributed by atoms with E-state index in [2.05, 4.69) is 98.2 Å². The van der Waals surface area contributed by atoms with Crippen molar-refractivity contribution < 1.29 is 31.6 Å². The standard InChI is InChI=1S/C23H56O7Si5/c1-31(2,3)25-17-16-24-23-22(30-35(13,14)15)21(29-34(10,11)12)20(28-33(7,8)9)19(27-23)18-26-32(4,5)6/h19-23H,16-18H2,1-15H3/t19-,20-,21+,22-,23+/m1/s1. The Hall–Kier alpha value is 0.804. The normalized spacial score (nSPS) is 27.3. The first-order valence-electron chi connectivity index (χ1n) is 13.0. The van der Waals surface area contributed by atoms with Gasteiger partial charge in [0, 0.05) is 0 Å². The molecule has 0 N–H and O–H groups in total. The molecule has 1 aliphatic heterocycles. The fraction of sp³-hybridized carbons (Fsp3) is 1.00. The van der Waals surface area contributed by atoms with E-state index in [0.717, 1.165) is 0 Å². The summed E-state index contributed by atoms with van der Waals surface area (Å²) in [4.78, 5) is 0. The number of hydrogen-bond acceptors (Lipinski definition) is 7. The van der Waals surface area contributed by atoms with Crippen molar-refractivity contribution in [3.8, 4) is 0 Å². The van der Waals surface area contributed by atoms with Gasteiger partial charge < -0.3 is 31.6 Å². The van der Waals surface area contributed by atoms with Gasteiger partial charge in [-0.1, -0.05) is 0 Å². The van der Waals surface area contributed by atoms with E-state index in [-0.39, 0.29) is 24.4 Å². The molecule has 1 rings (SSSR count). The van der Waals surface area contributed by atoms with Crippen molar-refractivity contribution in [1.29, 1.82) is 0 Å². The van der Waals surface area contributed by atoms with Crippen LogP contribution in [0.2, 0.25) is 98.2 Å². The lowest BCUT2D eigenvalue weighted by Gasteiger charge is -2.50. The molecule has 0 aromatic heterocycles. The maximum atomic E-state index is 6.85. The third-order valence-electron chi connectivity index (χ3n) is 4.64. The summed E-state index contributed by atoms with van der Waals surface area (Å²) >= 11 is 0. The zero-order valence-corrected chi connectivity index (χ0v) is 30.4. The average Bonchev–Trinajstić information content (AvgIpc) is 2.57. The van der Waals surface area contributed by atoms with Crippen molar-refractivity contribution in [1.82, 2.24) is 0 Å². The SMILES string of the molecule is C[Si](C)(C)OCCO[C@H]1O[C@H](CO[Si](C)(C)C)[C@@H](O[Si](C)(C)C)[C@H](O[Si](C)(C)C)[C@H]1O[Si](C)(C)C. The highest BCUT2D eigenvalue weighted by Gasteiger charge is 2.52. The second-order valence-electron chi connectivity index (χ2n) is 14.4. The van der Waals surface area contributed by atoms with Gasteiger partial charge in [0.15, 0.2) is 47.9 Å². The monoisotopic (exact) mass is 584 g/mol. The maximum absolute atomic E-state index is 6.85. The Balaban J connectivity index is 3.36. The first kappa shape index (κ1) is 33.8. The molecule has 0 unspecified atom stereocenters. The molecule has 0 aliphatic carbocycles. The van der Waals surface area contributed by atoms with Gasteiger partial charge in [0.25, 0.3) is 0 Å². The summed E-state index contributed by atoms with van der Waals surface area (Å²) in [6, 6.07) is 0. The molecule has 0 radical (unpaired) electrons. The van der Waals surface area contributed by atoms with Crippen molar-refractivity contribution in [2.45, 2.75) is 129 Å². The first-order chi connectivity index (χ1) is 15.5. The molecule has 7 nitrogen and oxygen atoms in total. The van der Waals surface area contributed by atoms with Crippen LogP contribution in [-0.4, -0.2) is 92.1 Å². The Kier molecular flexibility index (Phi) is 12.3. The molecule has 0 amide bonds. The lowest BCUT2D eigenvalue weighted by Crippen LogP contribution is -2.66. The summed E-state index contributed by atoms with van der Waals surface area (Å²) in [5.74, 6) is 0. The van der Waals surface area contributed by atoms with Gasteiger partial charge in [0.1, 0.15) is 24.4 Å². The molecule has 0 aromatic carbocycles. The summed E-state index contributed by atoms with van der Waals surface area (Å²) in [5, 5.41) is 0. The minimum absolute atomic E-state index is 0.274. The number of hydrogen-bond donors (Lipinski definition) is 0. The average molecular weight is 585 g/mol. The Morgan fingerprint density at radius 3 is 1.34 bits per heavy atom. The lowest BCUT2D eigenvalue weighted by molar-refractivity contribution is -0.291. The van der Waals surface area contributed by atoms with E-state index in [0.29, 0.717) is 19.8 Å². The Morgan fingerprint density at radius 1 is 0.486 bits per heavy atom. The lowest BCUT2D eigenvalue weighted by atomic mass is 9.99. The highest BCUT2D eigenvalue weighted by atomic mass is 28.4. The summed E-state index contributed by atoms with van der Waals surface area (Å²) in [7, 11) is -9.23. The molecule has 1 heterocycles. The van der Waals surface area contributed by atoms with E-state index in [1.807, 2.05) is 0 Å². The summed E-state index contributed by atoms with van der Waals surface area (Å²) in [5.41, 5.74) is 0. The maximum Gasteiger partial charge on any atom is 0.185 e. The van der Waals surface area contributed by atoms with Gasteiger partial charge in [-0.25, -0.2) is 0 Å². The van der Waals surface area contributed by atoms with E-state index in [4.69, 9.17) is 31.6 Å². The molecular weight excluding hydrogens is 529 g/mol. The third kappa shape index (κ3) is 15.1. The van der Waals surface area contributed by atoms with E-state index in [1.165, 1.54) is 0 Å². The first-order valence-corrected chi connectivity index (χ1v) is 30.1. The van der Waals surface area contributed by atoms with Gasteiger partial charge in [0.2, 0.25) is 0 Å². The fourth-order valence-electron chi connectivity index (χ4n) is 3.62. The van der Waals surface area contributed by atoms with Crippen molar-refractivity contribution in [2.24, 2.45) is 0 Å². The van der Waals surface area contributed by atoms with Crippen LogP contribution in [0, 0.1) is 0 Å². The minimum atomic E-state index is -1.96. The van der Waals surface area contributed by atoms with Crippen molar-refractivity contribution in [2.75, 3.05) is 19.8 Å². The van der Waals surface area contributed by atoms with Gasteiger partial charge in [-0.05, 0) is 98.2 Å². The predicted octanol–water partition coefficient (Wildman–Crippen LogP) is 6.09. The predicted molar refractivity (Wildman–Crippen MR) is 158 cm³/mol. The van der Waals surface area contributed by atoms with Crippen LogP contribution in [0.15, 0.2) is 0 Å². The van der Waals surface area contributed by atoms with Crippen LogP contribution in [0.3, 0.4) is 0 Å². The summed E-state index contributed by atoms with van der Waals surface area (Å²) in [6.45, 7) is 34.4. The number of rotatable bonds is 14. The molecule has 1 fully saturated rings. The highest BCUT2D eigenvalue weighted by molar-refractivity contribution is 6.71.